The maximum absolute atomic E-state index is 11.3. The van der Waals surface area contributed by atoms with E-state index in [9.17, 15) is 4.79 Å². The van der Waals surface area contributed by atoms with Crippen LogP contribution in [0.4, 0.5) is 0 Å². The van der Waals surface area contributed by atoms with Crippen LogP contribution in [0.3, 0.4) is 0 Å². The molecule has 0 heterocycles. The average Bonchev–Trinajstić information content (AvgIpc) is 2.29. The molecule has 0 aliphatic carbocycles. The summed E-state index contributed by atoms with van der Waals surface area (Å²) >= 11 is 0. The number of hydrogen-bond acceptors (Lipinski definition) is 3. The lowest BCUT2D eigenvalue weighted by Crippen LogP contribution is -2.32. The highest BCUT2D eigenvalue weighted by Crippen LogP contribution is 2.02. The van der Waals surface area contributed by atoms with E-state index in [1.54, 1.807) is 31.1 Å². The number of nitriles is 1. The Morgan fingerprint density at radius 1 is 1.38 bits per heavy atom. The summed E-state index contributed by atoms with van der Waals surface area (Å²) in [5.41, 5.74) is 1.71. The highest BCUT2D eigenvalue weighted by molar-refractivity contribution is 5.77. The zero-order chi connectivity index (χ0) is 12.0. The lowest BCUT2D eigenvalue weighted by atomic mass is 10.1. The van der Waals surface area contributed by atoms with Crippen molar-refractivity contribution in [1.29, 1.82) is 5.26 Å². The van der Waals surface area contributed by atoms with Gasteiger partial charge in [0.1, 0.15) is 0 Å². The first-order chi connectivity index (χ1) is 7.63. The van der Waals surface area contributed by atoms with Crippen molar-refractivity contribution < 1.29 is 4.79 Å². The summed E-state index contributed by atoms with van der Waals surface area (Å²) < 4.78 is 0. The summed E-state index contributed by atoms with van der Waals surface area (Å²) in [6.45, 7) is 0.957. The molecule has 0 radical (unpaired) electrons. The van der Waals surface area contributed by atoms with Crippen molar-refractivity contribution in [2.45, 2.75) is 6.54 Å². The minimum atomic E-state index is 0.0497. The van der Waals surface area contributed by atoms with Crippen LogP contribution in [0.15, 0.2) is 24.3 Å². The Kier molecular flexibility index (Phi) is 4.49. The molecule has 84 valence electrons. The molecule has 0 saturated heterocycles. The third-order valence-corrected chi connectivity index (χ3v) is 2.19. The monoisotopic (exact) mass is 217 g/mol. The molecule has 0 saturated carbocycles. The lowest BCUT2D eigenvalue weighted by molar-refractivity contribution is -0.127. The van der Waals surface area contributed by atoms with Crippen molar-refractivity contribution in [3.63, 3.8) is 0 Å². The number of likely N-dealkylation sites (N-methyl/N-ethyl adjacent to an activating group) is 1. The Bertz CT molecular complexity index is 390. The second-order valence-corrected chi connectivity index (χ2v) is 3.70. The molecule has 1 aromatic carbocycles. The normalized spacial score (nSPS) is 9.56. The molecule has 1 aromatic rings. The molecule has 1 N–H and O–H groups in total. The molecule has 4 nitrogen and oxygen atoms in total. The summed E-state index contributed by atoms with van der Waals surface area (Å²) in [5.74, 6) is 0.0497. The quantitative estimate of drug-likeness (QED) is 0.809. The lowest BCUT2D eigenvalue weighted by Gasteiger charge is -2.10. The third kappa shape index (κ3) is 3.71. The topological polar surface area (TPSA) is 56.1 Å². The van der Waals surface area contributed by atoms with Crippen molar-refractivity contribution in [3.05, 3.63) is 35.4 Å². The molecule has 0 aliphatic heterocycles. The first-order valence-corrected chi connectivity index (χ1v) is 5.03. The fraction of sp³-hybridized carbons (Fsp3) is 0.333. The van der Waals surface area contributed by atoms with Crippen LogP contribution in [-0.2, 0) is 11.3 Å². The second kappa shape index (κ2) is 5.89. The van der Waals surface area contributed by atoms with Gasteiger partial charge in [-0.3, -0.25) is 4.79 Å². The van der Waals surface area contributed by atoms with E-state index in [1.165, 1.54) is 0 Å². The van der Waals surface area contributed by atoms with E-state index in [0.29, 0.717) is 18.7 Å². The van der Waals surface area contributed by atoms with Crippen LogP contribution >= 0.6 is 0 Å². The fourth-order valence-corrected chi connectivity index (χ4v) is 1.17. The highest BCUT2D eigenvalue weighted by Gasteiger charge is 2.02. The molecule has 0 fully saturated rings. The number of amides is 1. The van der Waals surface area contributed by atoms with Crippen LogP contribution in [0.25, 0.3) is 0 Å². The van der Waals surface area contributed by atoms with Gasteiger partial charge in [0.15, 0.2) is 0 Å². The van der Waals surface area contributed by atoms with E-state index < -0.39 is 0 Å². The maximum Gasteiger partial charge on any atom is 0.236 e. The van der Waals surface area contributed by atoms with Crippen LogP contribution in [0.2, 0.25) is 0 Å². The van der Waals surface area contributed by atoms with Gasteiger partial charge < -0.3 is 10.2 Å². The Hall–Kier alpha value is -1.86. The van der Waals surface area contributed by atoms with Gasteiger partial charge in [-0.25, -0.2) is 0 Å². The molecule has 0 aromatic heterocycles. The van der Waals surface area contributed by atoms with Gasteiger partial charge in [-0.15, -0.1) is 0 Å². The van der Waals surface area contributed by atoms with Crippen LogP contribution in [0.5, 0.6) is 0 Å². The molecule has 1 amide bonds. The standard InChI is InChI=1S/C12H15N3O/c1-15(2)12(16)9-14-8-11-5-3-10(7-13)4-6-11/h3-6,14H,8-9H2,1-2H3. The molecule has 4 heteroatoms. The van der Waals surface area contributed by atoms with E-state index in [1.807, 2.05) is 12.1 Å². The summed E-state index contributed by atoms with van der Waals surface area (Å²) in [5, 5.41) is 11.7. The smallest absolute Gasteiger partial charge is 0.236 e. The van der Waals surface area contributed by atoms with Crippen molar-refractivity contribution >= 4 is 5.91 Å². The van der Waals surface area contributed by atoms with Crippen LogP contribution in [0.1, 0.15) is 11.1 Å². The summed E-state index contributed by atoms with van der Waals surface area (Å²) in [6.07, 6.45) is 0. The van der Waals surface area contributed by atoms with Crippen LogP contribution < -0.4 is 5.32 Å². The highest BCUT2D eigenvalue weighted by atomic mass is 16.2. The van der Waals surface area contributed by atoms with E-state index in [0.717, 1.165) is 5.56 Å². The van der Waals surface area contributed by atoms with Crippen molar-refractivity contribution in [2.75, 3.05) is 20.6 Å². The van der Waals surface area contributed by atoms with Gasteiger partial charge in [0.2, 0.25) is 5.91 Å². The SMILES string of the molecule is CN(C)C(=O)CNCc1ccc(C#N)cc1. The predicted molar refractivity (Wildman–Crippen MR) is 61.6 cm³/mol. The minimum absolute atomic E-state index is 0.0497. The summed E-state index contributed by atoms with van der Waals surface area (Å²) in [4.78, 5) is 12.8. The maximum atomic E-state index is 11.3. The molecular formula is C12H15N3O. The molecule has 0 spiro atoms. The number of carbonyl (C=O) groups excluding carboxylic acids is 1. The van der Waals surface area contributed by atoms with Crippen molar-refractivity contribution in [2.24, 2.45) is 0 Å². The first kappa shape index (κ1) is 12.2. The third-order valence-electron chi connectivity index (χ3n) is 2.19. The van der Waals surface area contributed by atoms with Crippen LogP contribution in [-0.4, -0.2) is 31.4 Å². The molecule has 0 aliphatic rings. The fourth-order valence-electron chi connectivity index (χ4n) is 1.17. The molecule has 0 bridgehead atoms. The van der Waals surface area contributed by atoms with Crippen LogP contribution in [0, 0.1) is 11.3 Å². The van der Waals surface area contributed by atoms with Crippen molar-refractivity contribution in [3.8, 4) is 6.07 Å². The van der Waals surface area contributed by atoms with Gasteiger partial charge in [-0.05, 0) is 17.7 Å². The second-order valence-electron chi connectivity index (χ2n) is 3.70. The zero-order valence-electron chi connectivity index (χ0n) is 9.53. The number of hydrogen-bond donors (Lipinski definition) is 1. The van der Waals surface area contributed by atoms with Gasteiger partial charge in [-0.1, -0.05) is 12.1 Å². The van der Waals surface area contributed by atoms with E-state index >= 15 is 0 Å². The van der Waals surface area contributed by atoms with Gasteiger partial charge in [0.25, 0.3) is 0 Å². The summed E-state index contributed by atoms with van der Waals surface area (Å²) in [6, 6.07) is 9.36. The van der Waals surface area contributed by atoms with Gasteiger partial charge in [-0.2, -0.15) is 5.26 Å². The largest absolute Gasteiger partial charge is 0.348 e. The minimum Gasteiger partial charge on any atom is -0.348 e. The number of nitrogens with one attached hydrogen (secondary N) is 1. The molecule has 0 atom stereocenters. The van der Waals surface area contributed by atoms with E-state index in [-0.39, 0.29) is 5.91 Å². The Morgan fingerprint density at radius 3 is 2.50 bits per heavy atom. The van der Waals surface area contributed by atoms with Gasteiger partial charge in [0.05, 0.1) is 18.2 Å². The molecular weight excluding hydrogens is 202 g/mol. The number of rotatable bonds is 4. The molecule has 0 unspecified atom stereocenters. The average molecular weight is 217 g/mol. The Balaban J connectivity index is 2.38. The van der Waals surface area contributed by atoms with E-state index in [4.69, 9.17) is 5.26 Å². The predicted octanol–water partition coefficient (Wildman–Crippen LogP) is 0.736. The molecule has 16 heavy (non-hydrogen) atoms. The van der Waals surface area contributed by atoms with Crippen molar-refractivity contribution in [1.82, 2.24) is 10.2 Å². The number of carbonyl (C=O) groups is 1. The zero-order valence-corrected chi connectivity index (χ0v) is 9.53. The summed E-state index contributed by atoms with van der Waals surface area (Å²) in [7, 11) is 3.46. The molecule has 1 rings (SSSR count). The Labute approximate surface area is 95.5 Å². The van der Waals surface area contributed by atoms with Gasteiger partial charge >= 0.3 is 0 Å². The Morgan fingerprint density at radius 2 is 2.00 bits per heavy atom. The van der Waals surface area contributed by atoms with Gasteiger partial charge in [0, 0.05) is 20.6 Å². The number of nitrogens with zero attached hydrogens (tertiary/aromatic N) is 2. The number of benzene rings is 1. The van der Waals surface area contributed by atoms with E-state index in [2.05, 4.69) is 11.4 Å². The first-order valence-electron chi connectivity index (χ1n) is 5.03.